The molecule has 1 aliphatic rings. The molecule has 0 bridgehead atoms. The highest BCUT2D eigenvalue weighted by atomic mass is 35.5. The number of nitro benzene ring substituents is 1. The van der Waals surface area contributed by atoms with Crippen molar-refractivity contribution in [3.8, 4) is 5.69 Å². The molecular weight excluding hydrogens is 274 g/mol. The number of nitrogens with zero attached hydrogens (tertiary/aromatic N) is 3. The zero-order valence-corrected chi connectivity index (χ0v) is 10.7. The van der Waals surface area contributed by atoms with Crippen molar-refractivity contribution in [2.24, 2.45) is 0 Å². The second kappa shape index (κ2) is 4.29. The lowest BCUT2D eigenvalue weighted by Gasteiger charge is -2.04. The second-order valence-corrected chi connectivity index (χ2v) is 5.21. The van der Waals surface area contributed by atoms with Gasteiger partial charge in [0.1, 0.15) is 10.8 Å². The molecule has 1 aliphatic heterocycles. The molecule has 7 heteroatoms. The smallest absolute Gasteiger partial charge is 0.258 e. The highest BCUT2D eigenvalue weighted by molar-refractivity contribution is 7.98. The van der Waals surface area contributed by atoms with Gasteiger partial charge in [-0.2, -0.15) is 16.9 Å². The van der Waals surface area contributed by atoms with Gasteiger partial charge in [-0.15, -0.1) is 0 Å². The van der Waals surface area contributed by atoms with Gasteiger partial charge in [-0.05, 0) is 6.07 Å². The summed E-state index contributed by atoms with van der Waals surface area (Å²) in [6, 6.07) is 6.47. The summed E-state index contributed by atoms with van der Waals surface area (Å²) >= 11 is 7.99. The average molecular weight is 282 g/mol. The molecule has 2 aromatic rings. The molecule has 0 atom stereocenters. The van der Waals surface area contributed by atoms with Crippen molar-refractivity contribution in [2.45, 2.75) is 11.5 Å². The molecule has 5 nitrogen and oxygen atoms in total. The van der Waals surface area contributed by atoms with E-state index in [1.54, 1.807) is 30.0 Å². The fourth-order valence-corrected chi connectivity index (χ4v) is 3.36. The van der Waals surface area contributed by atoms with Gasteiger partial charge < -0.3 is 0 Å². The fourth-order valence-electron chi connectivity index (χ4n) is 1.94. The fraction of sp³-hybridized carbons (Fsp3) is 0.182. The highest BCUT2D eigenvalue weighted by Gasteiger charge is 2.25. The van der Waals surface area contributed by atoms with E-state index in [0.29, 0.717) is 10.8 Å². The lowest BCUT2D eigenvalue weighted by Crippen LogP contribution is -2.02. The van der Waals surface area contributed by atoms with Crippen molar-refractivity contribution in [1.82, 2.24) is 9.78 Å². The first-order valence-corrected chi connectivity index (χ1v) is 6.79. The molecule has 0 radical (unpaired) electrons. The van der Waals surface area contributed by atoms with Crippen LogP contribution in [-0.4, -0.2) is 14.7 Å². The van der Waals surface area contributed by atoms with Gasteiger partial charge in [-0.3, -0.25) is 10.1 Å². The molecule has 0 unspecified atom stereocenters. The standard InChI is InChI=1S/C11H8ClN3O2S/c12-11-7-5-18-6-8(7)13-14(11)9-3-1-2-4-10(9)15(16)17/h1-4H,5-6H2. The molecule has 1 aromatic carbocycles. The molecule has 2 heterocycles. The van der Waals surface area contributed by atoms with Crippen LogP contribution in [0, 0.1) is 10.1 Å². The summed E-state index contributed by atoms with van der Waals surface area (Å²) in [5, 5.41) is 15.8. The topological polar surface area (TPSA) is 61.0 Å². The minimum absolute atomic E-state index is 0.00762. The van der Waals surface area contributed by atoms with Crippen LogP contribution in [-0.2, 0) is 11.5 Å². The highest BCUT2D eigenvalue weighted by Crippen LogP contribution is 2.36. The third kappa shape index (κ3) is 1.69. The monoisotopic (exact) mass is 281 g/mol. The van der Waals surface area contributed by atoms with E-state index in [1.807, 2.05) is 0 Å². The van der Waals surface area contributed by atoms with E-state index in [1.165, 1.54) is 10.7 Å². The molecular formula is C11H8ClN3O2S. The van der Waals surface area contributed by atoms with Gasteiger partial charge in [-0.1, -0.05) is 23.7 Å². The Morgan fingerprint density at radius 1 is 1.39 bits per heavy atom. The number of hydrogen-bond acceptors (Lipinski definition) is 4. The molecule has 0 saturated heterocycles. The quantitative estimate of drug-likeness (QED) is 0.626. The number of aromatic nitrogens is 2. The molecule has 0 amide bonds. The number of thioether (sulfide) groups is 1. The molecule has 0 saturated carbocycles. The first kappa shape index (κ1) is 11.6. The van der Waals surface area contributed by atoms with E-state index >= 15 is 0 Å². The predicted octanol–water partition coefficient (Wildman–Crippen LogP) is 3.18. The number of nitro groups is 1. The number of fused-ring (bicyclic) bond motifs is 1. The molecule has 0 aliphatic carbocycles. The normalized spacial score (nSPS) is 13.6. The van der Waals surface area contributed by atoms with Crippen LogP contribution in [0.15, 0.2) is 24.3 Å². The molecule has 92 valence electrons. The summed E-state index contributed by atoms with van der Waals surface area (Å²) in [7, 11) is 0. The van der Waals surface area contributed by atoms with Gasteiger partial charge in [0.25, 0.3) is 5.69 Å². The van der Waals surface area contributed by atoms with Crippen LogP contribution in [0.25, 0.3) is 5.69 Å². The van der Waals surface area contributed by atoms with E-state index in [0.717, 1.165) is 22.8 Å². The van der Waals surface area contributed by atoms with Gasteiger partial charge in [0, 0.05) is 23.1 Å². The Morgan fingerprint density at radius 3 is 2.89 bits per heavy atom. The molecule has 0 fully saturated rings. The zero-order chi connectivity index (χ0) is 12.7. The Bertz CT molecular complexity index is 641. The number of para-hydroxylation sites is 2. The SMILES string of the molecule is O=[N+]([O-])c1ccccc1-n1nc2c(c1Cl)CSC2. The molecule has 18 heavy (non-hydrogen) atoms. The Labute approximate surface area is 112 Å². The average Bonchev–Trinajstić information content (AvgIpc) is 2.93. The summed E-state index contributed by atoms with van der Waals surface area (Å²) in [5.74, 6) is 1.62. The predicted molar refractivity (Wildman–Crippen MR) is 70.2 cm³/mol. The van der Waals surface area contributed by atoms with E-state index in [2.05, 4.69) is 5.10 Å². The van der Waals surface area contributed by atoms with Crippen LogP contribution < -0.4 is 0 Å². The van der Waals surface area contributed by atoms with Crippen LogP contribution in [0.2, 0.25) is 5.15 Å². The van der Waals surface area contributed by atoms with E-state index in [4.69, 9.17) is 11.6 Å². The summed E-state index contributed by atoms with van der Waals surface area (Å²) in [5.41, 5.74) is 2.32. The largest absolute Gasteiger partial charge is 0.294 e. The minimum Gasteiger partial charge on any atom is -0.258 e. The van der Waals surface area contributed by atoms with Gasteiger partial charge in [0.15, 0.2) is 0 Å². The Kier molecular flexibility index (Phi) is 2.76. The van der Waals surface area contributed by atoms with Crippen LogP contribution in [0.1, 0.15) is 11.3 Å². The first-order valence-electron chi connectivity index (χ1n) is 5.26. The lowest BCUT2D eigenvalue weighted by atomic mass is 10.2. The minimum atomic E-state index is -0.423. The van der Waals surface area contributed by atoms with E-state index in [9.17, 15) is 10.1 Å². The maximum Gasteiger partial charge on any atom is 0.294 e. The Balaban J connectivity index is 2.19. The lowest BCUT2D eigenvalue weighted by molar-refractivity contribution is -0.384. The van der Waals surface area contributed by atoms with Crippen molar-refractivity contribution in [3.63, 3.8) is 0 Å². The molecule has 1 aromatic heterocycles. The number of rotatable bonds is 2. The van der Waals surface area contributed by atoms with Gasteiger partial charge >= 0.3 is 0 Å². The third-order valence-electron chi connectivity index (χ3n) is 2.80. The van der Waals surface area contributed by atoms with Gasteiger partial charge in [0.2, 0.25) is 0 Å². The molecule has 3 rings (SSSR count). The van der Waals surface area contributed by atoms with Crippen LogP contribution in [0.3, 0.4) is 0 Å². The Hall–Kier alpha value is -1.53. The van der Waals surface area contributed by atoms with Crippen LogP contribution in [0.4, 0.5) is 5.69 Å². The second-order valence-electron chi connectivity index (χ2n) is 3.87. The molecule has 0 spiro atoms. The van der Waals surface area contributed by atoms with Crippen LogP contribution in [0.5, 0.6) is 0 Å². The van der Waals surface area contributed by atoms with Crippen molar-refractivity contribution >= 4 is 29.1 Å². The maximum atomic E-state index is 11.0. The number of halogens is 1. The first-order chi connectivity index (χ1) is 8.68. The van der Waals surface area contributed by atoms with Gasteiger partial charge in [0.05, 0.1) is 10.6 Å². The van der Waals surface area contributed by atoms with Crippen molar-refractivity contribution in [1.29, 1.82) is 0 Å². The van der Waals surface area contributed by atoms with Gasteiger partial charge in [-0.25, -0.2) is 4.68 Å². The third-order valence-corrected chi connectivity index (χ3v) is 4.15. The van der Waals surface area contributed by atoms with E-state index < -0.39 is 4.92 Å². The summed E-state index contributed by atoms with van der Waals surface area (Å²) in [6.07, 6.45) is 0. The number of hydrogen-bond donors (Lipinski definition) is 0. The van der Waals surface area contributed by atoms with Crippen molar-refractivity contribution in [2.75, 3.05) is 0 Å². The van der Waals surface area contributed by atoms with Crippen LogP contribution >= 0.6 is 23.4 Å². The summed E-state index contributed by atoms with van der Waals surface area (Å²) in [4.78, 5) is 10.6. The summed E-state index contributed by atoms with van der Waals surface area (Å²) < 4.78 is 1.46. The van der Waals surface area contributed by atoms with E-state index in [-0.39, 0.29) is 5.69 Å². The zero-order valence-electron chi connectivity index (χ0n) is 9.17. The Morgan fingerprint density at radius 2 is 2.17 bits per heavy atom. The molecule has 0 N–H and O–H groups in total. The number of benzene rings is 1. The van der Waals surface area contributed by atoms with Crippen molar-refractivity contribution in [3.05, 3.63) is 50.8 Å². The maximum absolute atomic E-state index is 11.0. The van der Waals surface area contributed by atoms with Crippen molar-refractivity contribution < 1.29 is 4.92 Å². The summed E-state index contributed by atoms with van der Waals surface area (Å²) in [6.45, 7) is 0.